The van der Waals surface area contributed by atoms with Gasteiger partial charge in [0.05, 0.1) is 0 Å². The van der Waals surface area contributed by atoms with E-state index in [2.05, 4.69) is 15.0 Å². The van der Waals surface area contributed by atoms with E-state index in [0.29, 0.717) is 6.54 Å². The highest BCUT2D eigenvalue weighted by Gasteiger charge is 2.19. The average molecular weight is 286 g/mol. The molecule has 104 valence electrons. The number of nitrogens with one attached hydrogen (secondary N) is 4. The summed E-state index contributed by atoms with van der Waals surface area (Å²) in [5.41, 5.74) is -0.719. The quantitative estimate of drug-likeness (QED) is 0.489. The highest BCUT2D eigenvalue weighted by Crippen LogP contribution is 2.05. The molecular weight excluding hydrogens is 272 g/mol. The van der Waals surface area contributed by atoms with E-state index in [9.17, 15) is 18.0 Å². The molecule has 8 nitrogen and oxygen atoms in total. The molecule has 0 saturated carbocycles. The largest absolute Gasteiger partial charge is 0.325 e. The third-order valence-corrected chi connectivity index (χ3v) is 4.13. The highest BCUT2D eigenvalue weighted by molar-refractivity contribution is 7.89. The normalized spacial score (nSPS) is 16.1. The molecule has 2 heterocycles. The van der Waals surface area contributed by atoms with Crippen LogP contribution in [-0.2, 0) is 10.0 Å². The molecule has 0 aliphatic carbocycles. The number of aromatic nitrogens is 2. The number of hydrogen-bond donors (Lipinski definition) is 4. The number of rotatable bonds is 4. The van der Waals surface area contributed by atoms with Gasteiger partial charge in [0.25, 0.3) is 5.56 Å². The molecule has 1 aromatic rings. The third kappa shape index (κ3) is 3.40. The Balaban J connectivity index is 2.16. The Morgan fingerprint density at radius 3 is 2.74 bits per heavy atom. The molecule has 0 aromatic carbocycles. The second kappa shape index (κ2) is 5.51. The van der Waals surface area contributed by atoms with Gasteiger partial charge in [-0.1, -0.05) is 11.6 Å². The Kier molecular flexibility index (Phi) is 3.98. The smallest absolute Gasteiger partial charge is 0.313 e. The van der Waals surface area contributed by atoms with Crippen molar-refractivity contribution in [3.63, 3.8) is 0 Å². The van der Waals surface area contributed by atoms with Crippen LogP contribution in [0.15, 0.2) is 32.3 Å². The van der Waals surface area contributed by atoms with Crippen LogP contribution < -0.4 is 21.3 Å². The minimum atomic E-state index is -3.93. The SMILES string of the molecule is O=c1[nH]cc(S(=O)(=O)NCC2=CCNCC2)c(=O)[nH]1. The number of hydrogen-bond acceptors (Lipinski definition) is 5. The Morgan fingerprint density at radius 1 is 1.32 bits per heavy atom. The maximum absolute atomic E-state index is 11.9. The van der Waals surface area contributed by atoms with E-state index in [-0.39, 0.29) is 6.54 Å². The number of aromatic amines is 2. The van der Waals surface area contributed by atoms with Crippen molar-refractivity contribution in [1.29, 1.82) is 0 Å². The van der Waals surface area contributed by atoms with Gasteiger partial charge >= 0.3 is 5.69 Å². The predicted molar refractivity (Wildman–Crippen MR) is 68.4 cm³/mol. The lowest BCUT2D eigenvalue weighted by atomic mass is 10.1. The zero-order valence-electron chi connectivity index (χ0n) is 10.0. The summed E-state index contributed by atoms with van der Waals surface area (Å²) in [5.74, 6) is 0. The Bertz CT molecular complexity index is 701. The lowest BCUT2D eigenvalue weighted by molar-refractivity contribution is 0.580. The summed E-state index contributed by atoms with van der Waals surface area (Å²) in [5, 5.41) is 3.11. The fourth-order valence-corrected chi connectivity index (χ4v) is 2.73. The van der Waals surface area contributed by atoms with Crippen LogP contribution in [0.5, 0.6) is 0 Å². The Labute approximate surface area is 109 Å². The van der Waals surface area contributed by atoms with Gasteiger partial charge in [0.2, 0.25) is 10.0 Å². The van der Waals surface area contributed by atoms with E-state index in [0.717, 1.165) is 24.7 Å². The van der Waals surface area contributed by atoms with Crippen molar-refractivity contribution in [2.24, 2.45) is 0 Å². The first-order valence-corrected chi connectivity index (χ1v) is 7.18. The van der Waals surface area contributed by atoms with Crippen LogP contribution in [0, 0.1) is 0 Å². The van der Waals surface area contributed by atoms with E-state index in [4.69, 9.17) is 0 Å². The summed E-state index contributed by atoms with van der Waals surface area (Å²) in [6, 6.07) is 0. The van der Waals surface area contributed by atoms with Gasteiger partial charge in [-0.15, -0.1) is 0 Å². The fourth-order valence-electron chi connectivity index (χ4n) is 1.69. The number of H-pyrrole nitrogens is 2. The van der Waals surface area contributed by atoms with E-state index in [1.165, 1.54) is 0 Å². The summed E-state index contributed by atoms with van der Waals surface area (Å²) >= 11 is 0. The maximum atomic E-state index is 11.9. The zero-order valence-corrected chi connectivity index (χ0v) is 10.8. The molecule has 0 bridgehead atoms. The van der Waals surface area contributed by atoms with Crippen molar-refractivity contribution >= 4 is 10.0 Å². The summed E-state index contributed by atoms with van der Waals surface area (Å²) in [4.78, 5) is 25.8. The molecule has 1 aliphatic rings. The predicted octanol–water partition coefficient (Wildman–Crippen LogP) is -1.74. The van der Waals surface area contributed by atoms with Gasteiger partial charge in [0.15, 0.2) is 4.90 Å². The molecule has 0 fully saturated rings. The molecular formula is C10H14N4O4S. The zero-order chi connectivity index (χ0) is 13.9. The molecule has 9 heteroatoms. The van der Waals surface area contributed by atoms with Gasteiger partial charge in [-0.3, -0.25) is 9.78 Å². The van der Waals surface area contributed by atoms with Crippen molar-refractivity contribution < 1.29 is 8.42 Å². The molecule has 1 aliphatic heterocycles. The lowest BCUT2D eigenvalue weighted by Crippen LogP contribution is -2.35. The van der Waals surface area contributed by atoms with Gasteiger partial charge in [0.1, 0.15) is 0 Å². The first-order valence-electron chi connectivity index (χ1n) is 5.69. The monoisotopic (exact) mass is 286 g/mol. The van der Waals surface area contributed by atoms with Crippen LogP contribution in [0.2, 0.25) is 0 Å². The van der Waals surface area contributed by atoms with E-state index < -0.39 is 26.2 Å². The molecule has 0 spiro atoms. The molecule has 4 N–H and O–H groups in total. The molecule has 0 amide bonds. The molecule has 0 radical (unpaired) electrons. The van der Waals surface area contributed by atoms with Crippen LogP contribution in [0.25, 0.3) is 0 Å². The van der Waals surface area contributed by atoms with Gasteiger partial charge in [-0.25, -0.2) is 17.9 Å². The maximum Gasteiger partial charge on any atom is 0.325 e. The van der Waals surface area contributed by atoms with Crippen molar-refractivity contribution in [1.82, 2.24) is 20.0 Å². The van der Waals surface area contributed by atoms with Crippen molar-refractivity contribution in [2.75, 3.05) is 19.6 Å². The standard InChI is InChI=1S/C10H14N4O4S/c15-9-8(6-12-10(16)14-9)19(17,18)13-5-7-1-3-11-4-2-7/h1,6,11,13H,2-5H2,(H2,12,14,15,16). The second-order valence-corrected chi connectivity index (χ2v) is 5.81. The molecule has 0 saturated heterocycles. The van der Waals surface area contributed by atoms with E-state index in [1.807, 2.05) is 11.1 Å². The highest BCUT2D eigenvalue weighted by atomic mass is 32.2. The summed E-state index contributed by atoms with van der Waals surface area (Å²) in [7, 11) is -3.93. The van der Waals surface area contributed by atoms with Gasteiger partial charge in [-0.05, 0) is 13.0 Å². The summed E-state index contributed by atoms with van der Waals surface area (Å²) in [6.45, 7) is 1.66. The van der Waals surface area contributed by atoms with E-state index >= 15 is 0 Å². The van der Waals surface area contributed by atoms with Gasteiger partial charge < -0.3 is 10.3 Å². The minimum Gasteiger partial charge on any atom is -0.313 e. The van der Waals surface area contributed by atoms with Crippen molar-refractivity contribution in [3.8, 4) is 0 Å². The van der Waals surface area contributed by atoms with Crippen LogP contribution in [0.1, 0.15) is 6.42 Å². The Hall–Kier alpha value is -1.71. The summed E-state index contributed by atoms with van der Waals surface area (Å²) < 4.78 is 26.2. The van der Waals surface area contributed by atoms with Gasteiger partial charge in [-0.2, -0.15) is 0 Å². The van der Waals surface area contributed by atoms with Crippen molar-refractivity contribution in [2.45, 2.75) is 11.3 Å². The molecule has 19 heavy (non-hydrogen) atoms. The molecule has 2 rings (SSSR count). The second-order valence-electron chi connectivity index (χ2n) is 4.08. The minimum absolute atomic E-state index is 0.155. The first kappa shape index (κ1) is 13.7. The molecule has 0 unspecified atom stereocenters. The third-order valence-electron chi connectivity index (χ3n) is 2.72. The first-order chi connectivity index (χ1) is 8.99. The van der Waals surface area contributed by atoms with Crippen molar-refractivity contribution in [3.05, 3.63) is 38.7 Å². The topological polar surface area (TPSA) is 124 Å². The molecule has 0 atom stereocenters. The van der Waals surface area contributed by atoms with Gasteiger partial charge in [0, 0.05) is 19.3 Å². The average Bonchev–Trinajstić information content (AvgIpc) is 2.37. The summed E-state index contributed by atoms with van der Waals surface area (Å²) in [6.07, 6.45) is 3.55. The fraction of sp³-hybridized carbons (Fsp3) is 0.400. The lowest BCUT2D eigenvalue weighted by Gasteiger charge is -2.14. The Morgan fingerprint density at radius 2 is 2.11 bits per heavy atom. The van der Waals surface area contributed by atoms with Crippen LogP contribution in [-0.4, -0.2) is 38.0 Å². The van der Waals surface area contributed by atoms with Crippen LogP contribution >= 0.6 is 0 Å². The van der Waals surface area contributed by atoms with Crippen LogP contribution in [0.4, 0.5) is 0 Å². The van der Waals surface area contributed by atoms with E-state index in [1.54, 1.807) is 0 Å². The number of sulfonamides is 1. The molecule has 1 aromatic heterocycles. The van der Waals surface area contributed by atoms with Crippen LogP contribution in [0.3, 0.4) is 0 Å².